The maximum Gasteiger partial charge on any atom is 0.200 e. The van der Waals surface area contributed by atoms with Crippen molar-refractivity contribution in [2.24, 2.45) is 0 Å². The summed E-state index contributed by atoms with van der Waals surface area (Å²) < 4.78 is 7.25. The second-order valence-electron chi connectivity index (χ2n) is 5.63. The van der Waals surface area contributed by atoms with Crippen LogP contribution >= 0.6 is 0 Å². The molecule has 0 fully saturated rings. The third-order valence-corrected chi connectivity index (χ3v) is 3.58. The van der Waals surface area contributed by atoms with Gasteiger partial charge in [0.1, 0.15) is 24.2 Å². The average Bonchev–Trinajstić information content (AvgIpc) is 3.04. The lowest BCUT2D eigenvalue weighted by molar-refractivity contribution is 0.0889. The molecule has 1 atom stereocenters. The summed E-state index contributed by atoms with van der Waals surface area (Å²) in [4.78, 5) is 4.23. The van der Waals surface area contributed by atoms with Gasteiger partial charge in [0, 0.05) is 6.20 Å². The minimum absolute atomic E-state index is 0.159. The van der Waals surface area contributed by atoms with Gasteiger partial charge in [-0.2, -0.15) is 0 Å². The molecule has 2 heterocycles. The third kappa shape index (κ3) is 3.75. The maximum absolute atomic E-state index is 10.3. The average molecular weight is 325 g/mol. The summed E-state index contributed by atoms with van der Waals surface area (Å²) in [6.07, 6.45) is 0.935. The molecule has 3 aromatic rings. The van der Waals surface area contributed by atoms with Crippen LogP contribution < -0.4 is 4.74 Å². The summed E-state index contributed by atoms with van der Waals surface area (Å²) in [5, 5.41) is 21.8. The second kappa shape index (κ2) is 7.18. The molecule has 0 radical (unpaired) electrons. The van der Waals surface area contributed by atoms with Crippen molar-refractivity contribution < 1.29 is 9.84 Å². The Balaban J connectivity index is 1.65. The zero-order valence-electron chi connectivity index (χ0n) is 13.6. The minimum atomic E-state index is -0.740. The molecule has 7 heteroatoms. The summed E-state index contributed by atoms with van der Waals surface area (Å²) in [5.41, 5.74) is 2.80. The number of rotatable bonds is 6. The smallest absolute Gasteiger partial charge is 0.200 e. The topological polar surface area (TPSA) is 86.0 Å². The van der Waals surface area contributed by atoms with Crippen LogP contribution in [0.5, 0.6) is 5.75 Å². The molecule has 0 bridgehead atoms. The van der Waals surface area contributed by atoms with E-state index in [0.717, 1.165) is 16.9 Å². The van der Waals surface area contributed by atoms with Crippen molar-refractivity contribution in [3.8, 4) is 17.3 Å². The zero-order valence-corrected chi connectivity index (χ0v) is 13.6. The van der Waals surface area contributed by atoms with E-state index in [1.54, 1.807) is 6.20 Å². The number of benzene rings is 1. The normalized spacial score (nSPS) is 12.1. The number of nitrogens with zero attached hydrogens (tertiary/aromatic N) is 5. The van der Waals surface area contributed by atoms with Crippen molar-refractivity contribution >= 4 is 0 Å². The van der Waals surface area contributed by atoms with Gasteiger partial charge in [-0.25, -0.2) is 4.68 Å². The van der Waals surface area contributed by atoms with Crippen molar-refractivity contribution in [2.75, 3.05) is 6.61 Å². The highest BCUT2D eigenvalue weighted by Crippen LogP contribution is 2.19. The van der Waals surface area contributed by atoms with Crippen molar-refractivity contribution in [1.82, 2.24) is 25.2 Å². The van der Waals surface area contributed by atoms with Gasteiger partial charge in [-0.15, -0.1) is 5.10 Å². The molecule has 7 nitrogen and oxygen atoms in total. The Kier molecular flexibility index (Phi) is 4.81. The molecule has 0 spiro atoms. The first-order valence-electron chi connectivity index (χ1n) is 7.69. The predicted molar refractivity (Wildman–Crippen MR) is 88.5 cm³/mol. The van der Waals surface area contributed by atoms with Crippen molar-refractivity contribution in [1.29, 1.82) is 0 Å². The SMILES string of the molecule is Cc1ccc(C)c(OCC(O)Cn2nnnc2-c2ccccn2)c1. The highest BCUT2D eigenvalue weighted by molar-refractivity contribution is 5.47. The lowest BCUT2D eigenvalue weighted by atomic mass is 10.1. The van der Waals surface area contributed by atoms with E-state index in [2.05, 4.69) is 20.5 Å². The number of aryl methyl sites for hydroxylation is 2. The van der Waals surface area contributed by atoms with Crippen LogP contribution in [-0.2, 0) is 6.54 Å². The van der Waals surface area contributed by atoms with Crippen LogP contribution in [0, 0.1) is 13.8 Å². The first kappa shape index (κ1) is 16.1. The molecule has 1 aromatic carbocycles. The van der Waals surface area contributed by atoms with Crippen molar-refractivity contribution in [3.05, 3.63) is 53.7 Å². The number of aliphatic hydroxyl groups excluding tert-OH is 1. The minimum Gasteiger partial charge on any atom is -0.491 e. The number of aromatic nitrogens is 5. The molecule has 0 aliphatic rings. The fourth-order valence-corrected chi connectivity index (χ4v) is 2.31. The van der Waals surface area contributed by atoms with E-state index in [0.29, 0.717) is 11.5 Å². The highest BCUT2D eigenvalue weighted by atomic mass is 16.5. The number of hydrogen-bond acceptors (Lipinski definition) is 6. The molecular formula is C17H19N5O2. The summed E-state index contributed by atoms with van der Waals surface area (Å²) in [5.74, 6) is 1.29. The fourth-order valence-electron chi connectivity index (χ4n) is 2.31. The Bertz CT molecular complexity index is 804. The lowest BCUT2D eigenvalue weighted by Crippen LogP contribution is -2.25. The molecule has 0 amide bonds. The Morgan fingerprint density at radius 2 is 2.08 bits per heavy atom. The lowest BCUT2D eigenvalue weighted by Gasteiger charge is -2.14. The predicted octanol–water partition coefficient (Wildman–Crippen LogP) is 1.79. The molecule has 0 saturated carbocycles. The zero-order chi connectivity index (χ0) is 16.9. The molecule has 1 N–H and O–H groups in total. The van der Waals surface area contributed by atoms with Crippen LogP contribution in [0.25, 0.3) is 11.5 Å². The van der Waals surface area contributed by atoms with Gasteiger partial charge in [0.05, 0.1) is 6.54 Å². The standard InChI is InChI=1S/C17H19N5O2/c1-12-6-7-13(2)16(9-12)24-11-14(23)10-22-17(19-20-21-22)15-5-3-4-8-18-15/h3-9,14,23H,10-11H2,1-2H3. The number of tetrazole rings is 1. The monoisotopic (exact) mass is 325 g/mol. The van der Waals surface area contributed by atoms with Gasteiger partial charge in [-0.3, -0.25) is 4.98 Å². The van der Waals surface area contributed by atoms with E-state index in [9.17, 15) is 5.11 Å². The van der Waals surface area contributed by atoms with Crippen LogP contribution in [0.15, 0.2) is 42.6 Å². The molecule has 0 aliphatic carbocycles. The summed E-state index contributed by atoms with van der Waals surface area (Å²) in [6, 6.07) is 11.5. The van der Waals surface area contributed by atoms with Gasteiger partial charge >= 0.3 is 0 Å². The van der Waals surface area contributed by atoms with Gasteiger partial charge in [0.2, 0.25) is 5.82 Å². The van der Waals surface area contributed by atoms with Crippen LogP contribution in [-0.4, -0.2) is 43.0 Å². The number of aliphatic hydroxyl groups is 1. The summed E-state index contributed by atoms with van der Waals surface area (Å²) >= 11 is 0. The van der Waals surface area contributed by atoms with E-state index in [4.69, 9.17) is 4.74 Å². The molecule has 2 aromatic heterocycles. The molecule has 3 rings (SSSR count). The Morgan fingerprint density at radius 1 is 1.21 bits per heavy atom. The van der Waals surface area contributed by atoms with Crippen LogP contribution in [0.4, 0.5) is 0 Å². The van der Waals surface area contributed by atoms with Gasteiger partial charge in [0.25, 0.3) is 0 Å². The van der Waals surface area contributed by atoms with Gasteiger partial charge in [-0.1, -0.05) is 18.2 Å². The molecule has 0 saturated heterocycles. The number of pyridine rings is 1. The van der Waals surface area contributed by atoms with Gasteiger partial charge in [0.15, 0.2) is 0 Å². The molecule has 124 valence electrons. The largest absolute Gasteiger partial charge is 0.491 e. The molecular weight excluding hydrogens is 306 g/mol. The van der Waals surface area contributed by atoms with E-state index in [1.807, 2.05) is 50.2 Å². The molecule has 0 aliphatic heterocycles. The Labute approximate surface area is 139 Å². The van der Waals surface area contributed by atoms with E-state index < -0.39 is 6.10 Å². The number of hydrogen-bond donors (Lipinski definition) is 1. The Morgan fingerprint density at radius 3 is 2.88 bits per heavy atom. The van der Waals surface area contributed by atoms with E-state index in [1.165, 1.54) is 4.68 Å². The summed E-state index contributed by atoms with van der Waals surface area (Å²) in [6.45, 7) is 4.36. The van der Waals surface area contributed by atoms with Crippen LogP contribution in [0.3, 0.4) is 0 Å². The third-order valence-electron chi connectivity index (χ3n) is 3.58. The van der Waals surface area contributed by atoms with Gasteiger partial charge in [-0.05, 0) is 53.6 Å². The Hall–Kier alpha value is -2.80. The molecule has 1 unspecified atom stereocenters. The summed E-state index contributed by atoms with van der Waals surface area (Å²) in [7, 11) is 0. The van der Waals surface area contributed by atoms with Gasteiger partial charge < -0.3 is 9.84 Å². The first-order valence-corrected chi connectivity index (χ1v) is 7.69. The number of ether oxygens (including phenoxy) is 1. The fraction of sp³-hybridized carbons (Fsp3) is 0.294. The quantitative estimate of drug-likeness (QED) is 0.743. The maximum atomic E-state index is 10.3. The molecule has 24 heavy (non-hydrogen) atoms. The van der Waals surface area contributed by atoms with Crippen molar-refractivity contribution in [3.63, 3.8) is 0 Å². The second-order valence-corrected chi connectivity index (χ2v) is 5.63. The first-order chi connectivity index (χ1) is 11.6. The van der Waals surface area contributed by atoms with E-state index >= 15 is 0 Å². The highest BCUT2D eigenvalue weighted by Gasteiger charge is 2.14. The van der Waals surface area contributed by atoms with E-state index in [-0.39, 0.29) is 13.2 Å². The van der Waals surface area contributed by atoms with Crippen LogP contribution in [0.2, 0.25) is 0 Å². The van der Waals surface area contributed by atoms with Crippen molar-refractivity contribution in [2.45, 2.75) is 26.5 Å². The van der Waals surface area contributed by atoms with Crippen LogP contribution in [0.1, 0.15) is 11.1 Å².